The summed E-state index contributed by atoms with van der Waals surface area (Å²) in [5.74, 6) is 0. The second kappa shape index (κ2) is 10.4. The number of hydrogen-bond donors (Lipinski definition) is 0. The molecule has 0 aliphatic carbocycles. The molecule has 0 aliphatic heterocycles. The topological polar surface area (TPSA) is 34.5 Å². The molecular formula is C46H28N2O2. The molecule has 3 aromatic heterocycles. The van der Waals surface area contributed by atoms with E-state index in [-0.39, 0.29) is 0 Å². The van der Waals surface area contributed by atoms with Gasteiger partial charge in [0.25, 0.3) is 0 Å². The normalized spacial score (nSPS) is 12.0. The van der Waals surface area contributed by atoms with E-state index >= 15 is 0 Å². The number of benzene rings is 8. The molecule has 234 valence electrons. The number of fused-ring (bicyclic) bond motifs is 10. The number of hydrogen-bond acceptors (Lipinski definition) is 3. The van der Waals surface area contributed by atoms with Crippen molar-refractivity contribution < 1.29 is 8.83 Å². The maximum Gasteiger partial charge on any atom is 0.137 e. The van der Waals surface area contributed by atoms with E-state index in [2.05, 4.69) is 167 Å². The molecule has 0 unspecified atom stereocenters. The van der Waals surface area contributed by atoms with Gasteiger partial charge in [0, 0.05) is 38.3 Å². The molecule has 4 heteroatoms. The minimum Gasteiger partial charge on any atom is -0.456 e. The van der Waals surface area contributed by atoms with Crippen LogP contribution in [0.3, 0.4) is 0 Å². The van der Waals surface area contributed by atoms with Crippen molar-refractivity contribution in [1.82, 2.24) is 4.57 Å². The van der Waals surface area contributed by atoms with Crippen molar-refractivity contribution in [1.29, 1.82) is 0 Å². The summed E-state index contributed by atoms with van der Waals surface area (Å²) in [7, 11) is 0. The molecule has 0 bridgehead atoms. The van der Waals surface area contributed by atoms with Gasteiger partial charge in [0.2, 0.25) is 0 Å². The molecule has 0 atom stereocenters. The first-order valence-electron chi connectivity index (χ1n) is 16.9. The third-order valence-corrected chi connectivity index (χ3v) is 10.1. The Morgan fingerprint density at radius 3 is 1.94 bits per heavy atom. The van der Waals surface area contributed by atoms with E-state index in [0.29, 0.717) is 0 Å². The Kier molecular flexibility index (Phi) is 5.63. The molecule has 0 saturated carbocycles. The average molecular weight is 641 g/mol. The van der Waals surface area contributed by atoms with E-state index in [1.807, 2.05) is 12.1 Å². The van der Waals surface area contributed by atoms with Crippen molar-refractivity contribution >= 4 is 93.5 Å². The predicted molar refractivity (Wildman–Crippen MR) is 208 cm³/mol. The minimum atomic E-state index is 0.853. The molecule has 4 nitrogen and oxygen atoms in total. The third-order valence-electron chi connectivity index (χ3n) is 10.1. The van der Waals surface area contributed by atoms with Gasteiger partial charge >= 0.3 is 0 Å². The lowest BCUT2D eigenvalue weighted by Gasteiger charge is -2.28. The first-order chi connectivity index (χ1) is 24.8. The molecule has 11 aromatic rings. The Hall–Kier alpha value is -6.78. The molecule has 0 aliphatic rings. The van der Waals surface area contributed by atoms with Gasteiger partial charge in [-0.3, -0.25) is 0 Å². The van der Waals surface area contributed by atoms with Crippen LogP contribution in [0.15, 0.2) is 179 Å². The van der Waals surface area contributed by atoms with Crippen LogP contribution in [0, 0.1) is 0 Å². The maximum atomic E-state index is 6.47. The van der Waals surface area contributed by atoms with Crippen LogP contribution in [0.1, 0.15) is 0 Å². The fourth-order valence-corrected chi connectivity index (χ4v) is 7.97. The second-order valence-electron chi connectivity index (χ2n) is 12.9. The van der Waals surface area contributed by atoms with Crippen LogP contribution in [-0.2, 0) is 0 Å². The van der Waals surface area contributed by atoms with E-state index in [4.69, 9.17) is 8.83 Å². The minimum absolute atomic E-state index is 0.853. The Balaban J connectivity index is 1.28. The molecule has 0 N–H and O–H groups in total. The first-order valence-corrected chi connectivity index (χ1v) is 16.9. The summed E-state index contributed by atoms with van der Waals surface area (Å²) >= 11 is 0. The molecular weight excluding hydrogens is 613 g/mol. The number of furan rings is 2. The van der Waals surface area contributed by atoms with Gasteiger partial charge in [0.05, 0.1) is 27.8 Å². The first kappa shape index (κ1) is 27.2. The van der Waals surface area contributed by atoms with Crippen molar-refractivity contribution in [2.24, 2.45) is 0 Å². The fourth-order valence-electron chi connectivity index (χ4n) is 7.97. The van der Waals surface area contributed by atoms with Gasteiger partial charge in [-0.15, -0.1) is 0 Å². The summed E-state index contributed by atoms with van der Waals surface area (Å²) in [6.07, 6.45) is 0. The smallest absolute Gasteiger partial charge is 0.137 e. The van der Waals surface area contributed by atoms with Crippen LogP contribution in [0.25, 0.3) is 82.1 Å². The molecule has 50 heavy (non-hydrogen) atoms. The van der Waals surface area contributed by atoms with Gasteiger partial charge in [0.1, 0.15) is 22.3 Å². The molecule has 0 radical (unpaired) electrons. The number of aromatic nitrogens is 1. The highest BCUT2D eigenvalue weighted by atomic mass is 16.3. The molecule has 0 fully saturated rings. The summed E-state index contributed by atoms with van der Waals surface area (Å²) in [5, 5.41) is 9.10. The molecule has 0 spiro atoms. The van der Waals surface area contributed by atoms with E-state index in [1.165, 1.54) is 21.5 Å². The van der Waals surface area contributed by atoms with Gasteiger partial charge in [-0.2, -0.15) is 0 Å². The molecule has 8 aromatic carbocycles. The summed E-state index contributed by atoms with van der Waals surface area (Å²) < 4.78 is 15.3. The largest absolute Gasteiger partial charge is 0.456 e. The van der Waals surface area contributed by atoms with Crippen molar-refractivity contribution in [2.75, 3.05) is 4.90 Å². The zero-order chi connectivity index (χ0) is 32.8. The summed E-state index contributed by atoms with van der Waals surface area (Å²) in [4.78, 5) is 2.41. The fraction of sp³-hybridized carbons (Fsp3) is 0. The van der Waals surface area contributed by atoms with E-state index < -0.39 is 0 Å². The van der Waals surface area contributed by atoms with E-state index in [1.54, 1.807) is 0 Å². The summed E-state index contributed by atoms with van der Waals surface area (Å²) in [6, 6.07) is 60.1. The van der Waals surface area contributed by atoms with Crippen molar-refractivity contribution in [3.63, 3.8) is 0 Å². The number of anilines is 3. The molecule has 11 rings (SSSR count). The maximum absolute atomic E-state index is 6.47. The second-order valence-corrected chi connectivity index (χ2v) is 12.9. The van der Waals surface area contributed by atoms with E-state index in [0.717, 1.165) is 77.7 Å². The van der Waals surface area contributed by atoms with Crippen molar-refractivity contribution in [2.45, 2.75) is 0 Å². The van der Waals surface area contributed by atoms with Gasteiger partial charge in [0.15, 0.2) is 0 Å². The van der Waals surface area contributed by atoms with Crippen LogP contribution in [-0.4, -0.2) is 4.57 Å². The zero-order valence-corrected chi connectivity index (χ0v) is 26.9. The lowest BCUT2D eigenvalue weighted by molar-refractivity contribution is 0.668. The molecule has 3 heterocycles. The highest BCUT2D eigenvalue weighted by molar-refractivity contribution is 6.18. The Morgan fingerprint density at radius 1 is 0.400 bits per heavy atom. The third kappa shape index (κ3) is 3.87. The monoisotopic (exact) mass is 640 g/mol. The highest BCUT2D eigenvalue weighted by Gasteiger charge is 2.25. The van der Waals surface area contributed by atoms with Crippen molar-refractivity contribution in [3.05, 3.63) is 170 Å². The van der Waals surface area contributed by atoms with Gasteiger partial charge in [-0.1, -0.05) is 97.1 Å². The Morgan fingerprint density at radius 2 is 1.04 bits per heavy atom. The summed E-state index contributed by atoms with van der Waals surface area (Å²) in [5.41, 5.74) is 10.0. The van der Waals surface area contributed by atoms with Crippen molar-refractivity contribution in [3.8, 4) is 5.69 Å². The van der Waals surface area contributed by atoms with Crippen LogP contribution < -0.4 is 4.90 Å². The standard InChI is InChI=1S/C46H28N2O2/c1-2-14-31(15-3-1)48-38-19-8-6-16-33(38)34-18-10-21-40(46(34)48)47(39-20-11-23-43-45(39)35-17-7-9-22-41(35)49-43)32-24-25-42-37(28-32)36-26-29-12-4-5-13-30(29)27-44(36)50-42/h1-28H. The van der Waals surface area contributed by atoms with Gasteiger partial charge < -0.3 is 18.3 Å². The SMILES string of the molecule is c1ccc(-n2c3ccccc3c3cccc(N(c4ccc5oc6cc7ccccc7cc6c5c4)c4cccc5oc6ccccc6c45)c32)cc1. The number of rotatable bonds is 4. The van der Waals surface area contributed by atoms with Crippen LogP contribution in [0.2, 0.25) is 0 Å². The highest BCUT2D eigenvalue weighted by Crippen LogP contribution is 2.48. The Labute approximate surface area is 286 Å². The predicted octanol–water partition coefficient (Wildman–Crippen LogP) is 13.2. The van der Waals surface area contributed by atoms with Gasteiger partial charge in [-0.05, 0) is 83.6 Å². The van der Waals surface area contributed by atoms with E-state index in [9.17, 15) is 0 Å². The number of nitrogens with zero attached hydrogens (tertiary/aromatic N) is 2. The lowest BCUT2D eigenvalue weighted by Crippen LogP contribution is -2.12. The average Bonchev–Trinajstić information content (AvgIpc) is 3.84. The Bertz CT molecular complexity index is 3110. The van der Waals surface area contributed by atoms with Gasteiger partial charge in [-0.25, -0.2) is 0 Å². The lowest BCUT2D eigenvalue weighted by atomic mass is 10.0. The zero-order valence-electron chi connectivity index (χ0n) is 26.9. The quantitative estimate of drug-likeness (QED) is 0.192. The summed E-state index contributed by atoms with van der Waals surface area (Å²) in [6.45, 7) is 0. The number of para-hydroxylation sites is 4. The van der Waals surface area contributed by atoms with Crippen LogP contribution in [0.5, 0.6) is 0 Å². The van der Waals surface area contributed by atoms with Crippen LogP contribution >= 0.6 is 0 Å². The molecule has 0 amide bonds. The van der Waals surface area contributed by atoms with Crippen LogP contribution in [0.4, 0.5) is 17.1 Å². The molecule has 0 saturated heterocycles.